The fraction of sp³-hybridized carbons (Fsp3) is 0.306. The molecule has 0 fully saturated rings. The second kappa shape index (κ2) is 12.4. The van der Waals surface area contributed by atoms with Crippen molar-refractivity contribution >= 4 is 11.6 Å². The number of rotatable bonds is 7. The molecule has 53 heavy (non-hydrogen) atoms. The number of allylic oxidation sites excluding steroid dienone is 2. The number of hydrogen-bond donors (Lipinski definition) is 3. The molecular formula is C36H28F7N7O3. The zero-order chi connectivity index (χ0) is 38.2. The maximum Gasteiger partial charge on any atom is 0.435 e. The van der Waals surface area contributed by atoms with Crippen LogP contribution < -0.4 is 11.0 Å². The zero-order valence-electron chi connectivity index (χ0n) is 28.0. The molecule has 3 atom stereocenters. The molecule has 4 heterocycles. The summed E-state index contributed by atoms with van der Waals surface area (Å²) in [6.45, 7) is 3.39. The van der Waals surface area contributed by atoms with Gasteiger partial charge < -0.3 is 10.4 Å². The fourth-order valence-corrected chi connectivity index (χ4v) is 6.82. The van der Waals surface area contributed by atoms with Gasteiger partial charge in [0.25, 0.3) is 5.92 Å². The van der Waals surface area contributed by atoms with Gasteiger partial charge in [-0.15, -0.1) is 0 Å². The highest BCUT2D eigenvalue weighted by molar-refractivity contribution is 5.78. The second-order valence-electron chi connectivity index (χ2n) is 13.4. The zero-order valence-corrected chi connectivity index (χ0v) is 28.0. The molecule has 2 aliphatic carbocycles. The normalized spacial score (nSPS) is 17.9. The quantitative estimate of drug-likeness (QED) is 0.115. The van der Waals surface area contributed by atoms with Crippen molar-refractivity contribution in [2.24, 2.45) is 5.92 Å². The van der Waals surface area contributed by atoms with Crippen LogP contribution in [0.4, 0.5) is 30.7 Å². The summed E-state index contributed by atoms with van der Waals surface area (Å²) in [6, 6.07) is 7.50. The van der Waals surface area contributed by atoms with Gasteiger partial charge in [-0.1, -0.05) is 18.1 Å². The first-order chi connectivity index (χ1) is 24.8. The molecule has 4 aromatic heterocycles. The van der Waals surface area contributed by atoms with Gasteiger partial charge in [0.2, 0.25) is 5.91 Å². The SMILES string of the molecule is Cc1c(-c2ccc(C#CC(C)(C)O)nc2[C@H](Cc2cc(F)cc(F)c2)NC(=O)Cn2nc(C(F)(F)F)c3c2C(F)(F)[C@@H]2C=C[C@H]32)ccc2n[nH]c(=O)n12. The van der Waals surface area contributed by atoms with Gasteiger partial charge in [0, 0.05) is 34.4 Å². The van der Waals surface area contributed by atoms with Gasteiger partial charge in [-0.05, 0) is 75.1 Å². The first kappa shape index (κ1) is 35.6. The van der Waals surface area contributed by atoms with Crippen molar-refractivity contribution < 1.29 is 40.6 Å². The molecule has 274 valence electrons. The third kappa shape index (κ3) is 6.47. The van der Waals surface area contributed by atoms with Gasteiger partial charge in [-0.3, -0.25) is 9.48 Å². The Morgan fingerprint density at radius 3 is 2.42 bits per heavy atom. The van der Waals surface area contributed by atoms with E-state index in [2.05, 4.69) is 37.4 Å². The van der Waals surface area contributed by atoms with E-state index in [0.29, 0.717) is 27.6 Å². The van der Waals surface area contributed by atoms with Crippen molar-refractivity contribution in [2.45, 2.75) is 63.4 Å². The molecule has 5 aromatic rings. The number of aliphatic hydroxyl groups is 1. The summed E-state index contributed by atoms with van der Waals surface area (Å²) in [7, 11) is 0. The van der Waals surface area contributed by atoms with Crippen molar-refractivity contribution in [1.82, 2.24) is 34.7 Å². The molecule has 0 radical (unpaired) electrons. The number of carbonyl (C=O) groups excluding carboxylic acids is 1. The first-order valence-electron chi connectivity index (χ1n) is 16.1. The number of aromatic nitrogens is 6. The number of hydrogen-bond acceptors (Lipinski definition) is 6. The van der Waals surface area contributed by atoms with E-state index in [1.807, 2.05) is 0 Å². The first-order valence-corrected chi connectivity index (χ1v) is 16.1. The van der Waals surface area contributed by atoms with Crippen LogP contribution in [0.3, 0.4) is 0 Å². The minimum absolute atomic E-state index is 0.0267. The summed E-state index contributed by atoms with van der Waals surface area (Å²) >= 11 is 0. The Morgan fingerprint density at radius 1 is 1.08 bits per heavy atom. The van der Waals surface area contributed by atoms with Gasteiger partial charge in [0.1, 0.15) is 35.2 Å². The highest BCUT2D eigenvalue weighted by atomic mass is 19.4. The van der Waals surface area contributed by atoms with E-state index in [-0.39, 0.29) is 29.0 Å². The number of fused-ring (bicyclic) bond motifs is 4. The highest BCUT2D eigenvalue weighted by Gasteiger charge is 2.61. The van der Waals surface area contributed by atoms with Crippen LogP contribution in [0.5, 0.6) is 0 Å². The summed E-state index contributed by atoms with van der Waals surface area (Å²) in [4.78, 5) is 31.1. The third-order valence-electron chi connectivity index (χ3n) is 9.09. The van der Waals surface area contributed by atoms with Gasteiger partial charge in [-0.2, -0.15) is 32.1 Å². The predicted octanol–water partition coefficient (Wildman–Crippen LogP) is 5.48. The predicted molar refractivity (Wildman–Crippen MR) is 174 cm³/mol. The molecule has 7 rings (SSSR count). The maximum absolute atomic E-state index is 15.5. The Labute approximate surface area is 295 Å². The van der Waals surface area contributed by atoms with E-state index < -0.39 is 82.3 Å². The van der Waals surface area contributed by atoms with Crippen LogP contribution in [0.15, 0.2) is 59.4 Å². The van der Waals surface area contributed by atoms with E-state index in [0.717, 1.165) is 18.2 Å². The van der Waals surface area contributed by atoms with E-state index in [4.69, 9.17) is 0 Å². The Kier molecular flexibility index (Phi) is 8.36. The van der Waals surface area contributed by atoms with Crippen LogP contribution in [0, 0.1) is 36.3 Å². The lowest BCUT2D eigenvalue weighted by Crippen LogP contribution is -2.36. The van der Waals surface area contributed by atoms with E-state index in [1.165, 1.54) is 36.5 Å². The number of nitrogens with one attached hydrogen (secondary N) is 2. The van der Waals surface area contributed by atoms with Crippen molar-refractivity contribution in [3.05, 3.63) is 116 Å². The Bertz CT molecular complexity index is 2440. The summed E-state index contributed by atoms with van der Waals surface area (Å²) in [6.07, 6.45) is -3.10. The number of pyridine rings is 2. The van der Waals surface area contributed by atoms with Crippen LogP contribution in [0.25, 0.3) is 16.8 Å². The van der Waals surface area contributed by atoms with E-state index in [1.54, 1.807) is 19.1 Å². The molecular weight excluding hydrogens is 711 g/mol. The molecule has 0 saturated carbocycles. The molecule has 1 amide bonds. The number of alkyl halides is 5. The molecule has 0 spiro atoms. The van der Waals surface area contributed by atoms with Crippen LogP contribution in [-0.2, 0) is 29.9 Å². The second-order valence-corrected chi connectivity index (χ2v) is 13.4. The lowest BCUT2D eigenvalue weighted by molar-refractivity contribution is -0.142. The molecule has 2 aliphatic rings. The van der Waals surface area contributed by atoms with Gasteiger partial charge in [0.15, 0.2) is 11.3 Å². The molecule has 17 heteroatoms. The van der Waals surface area contributed by atoms with Crippen molar-refractivity contribution in [1.29, 1.82) is 0 Å². The Hall–Kier alpha value is -5.76. The van der Waals surface area contributed by atoms with Crippen LogP contribution in [0.2, 0.25) is 0 Å². The number of benzene rings is 1. The number of aryl methyl sites for hydroxylation is 1. The molecule has 0 unspecified atom stereocenters. The summed E-state index contributed by atoms with van der Waals surface area (Å²) in [5, 5.41) is 22.6. The molecule has 10 nitrogen and oxygen atoms in total. The molecule has 0 aliphatic heterocycles. The minimum atomic E-state index is -5.09. The van der Waals surface area contributed by atoms with Gasteiger partial charge in [-0.25, -0.2) is 28.1 Å². The van der Waals surface area contributed by atoms with Crippen LogP contribution in [0.1, 0.15) is 65.4 Å². The monoisotopic (exact) mass is 739 g/mol. The van der Waals surface area contributed by atoms with Crippen molar-refractivity contribution in [3.8, 4) is 23.0 Å². The standard InChI is InChI=1S/C36H28F7N7O3/c1-17-22(7-9-27-46-47-33(52)50(17)27)23-5-4-21(10-11-34(2,3)53)44-30(23)26(14-18-12-19(37)15-20(38)13-18)45-28(51)16-49-32-29(31(48-49)36(41,42)43)24-6-8-25(24)35(32,39)40/h4-9,12-13,15,24-26,53H,14,16H2,1-3H3,(H,45,51)(H,47,52)/t24-,25+,26-/m0/s1. The van der Waals surface area contributed by atoms with Crippen molar-refractivity contribution in [3.63, 3.8) is 0 Å². The highest BCUT2D eigenvalue weighted by Crippen LogP contribution is 2.60. The van der Waals surface area contributed by atoms with Gasteiger partial charge >= 0.3 is 11.9 Å². The van der Waals surface area contributed by atoms with E-state index in [9.17, 15) is 36.6 Å². The largest absolute Gasteiger partial charge is 0.435 e. The Morgan fingerprint density at radius 2 is 1.77 bits per heavy atom. The average Bonchev–Trinajstić information content (AvgIpc) is 3.63. The summed E-state index contributed by atoms with van der Waals surface area (Å²) < 4.78 is 104. The number of H-pyrrole nitrogens is 1. The van der Waals surface area contributed by atoms with Crippen molar-refractivity contribution in [2.75, 3.05) is 0 Å². The van der Waals surface area contributed by atoms with Crippen LogP contribution in [-0.4, -0.2) is 46.0 Å². The molecule has 1 aromatic carbocycles. The molecule has 3 N–H and O–H groups in total. The number of nitrogens with zero attached hydrogens (tertiary/aromatic N) is 5. The maximum atomic E-state index is 15.5. The lowest BCUT2D eigenvalue weighted by Gasteiger charge is -2.27. The topological polar surface area (TPSA) is 130 Å². The minimum Gasteiger partial charge on any atom is -0.378 e. The van der Waals surface area contributed by atoms with Crippen LogP contribution >= 0.6 is 0 Å². The van der Waals surface area contributed by atoms with Gasteiger partial charge in [0.05, 0.1) is 17.7 Å². The number of halogens is 7. The number of amides is 1. The average molecular weight is 740 g/mol. The van der Waals surface area contributed by atoms with E-state index >= 15 is 8.78 Å². The number of aromatic amines is 1. The fourth-order valence-electron chi connectivity index (χ4n) is 6.82. The lowest BCUT2D eigenvalue weighted by atomic mass is 9.81. The summed E-state index contributed by atoms with van der Waals surface area (Å²) in [5.41, 5.74) is -3.78. The smallest absolute Gasteiger partial charge is 0.378 e. The third-order valence-corrected chi connectivity index (χ3v) is 9.09. The molecule has 0 bridgehead atoms. The Balaban J connectivity index is 1.36. The molecule has 0 saturated heterocycles. The summed E-state index contributed by atoms with van der Waals surface area (Å²) in [5.74, 6) is -4.13. The number of carbonyl (C=O) groups is 1.